The third-order valence-corrected chi connectivity index (χ3v) is 2.50. The zero-order valence-electron chi connectivity index (χ0n) is 7.91. The molecule has 0 aromatic carbocycles. The first-order valence-corrected chi connectivity index (χ1v) is 4.51. The quantitative estimate of drug-likeness (QED) is 0.693. The van der Waals surface area contributed by atoms with Gasteiger partial charge in [-0.3, -0.25) is 4.79 Å². The summed E-state index contributed by atoms with van der Waals surface area (Å²) in [5, 5.41) is 0. The standard InChI is InChI=1S/C10H13NO2/c1-7-9(5-6-13-7)10(12)11(2)8-3-4-8/h5-6,8H,3-4H2,1-2H3. The van der Waals surface area contributed by atoms with Crippen LogP contribution in [0.15, 0.2) is 16.7 Å². The van der Waals surface area contributed by atoms with Gasteiger partial charge in [0, 0.05) is 13.1 Å². The number of furan rings is 1. The molecule has 13 heavy (non-hydrogen) atoms. The van der Waals surface area contributed by atoms with Gasteiger partial charge in [0.15, 0.2) is 0 Å². The lowest BCUT2D eigenvalue weighted by Crippen LogP contribution is -2.28. The predicted octanol–water partition coefficient (Wildman–Crippen LogP) is 1.82. The van der Waals surface area contributed by atoms with Gasteiger partial charge in [0.1, 0.15) is 5.76 Å². The van der Waals surface area contributed by atoms with Crippen molar-refractivity contribution in [3.8, 4) is 0 Å². The molecule has 1 aromatic heterocycles. The highest BCUT2D eigenvalue weighted by Gasteiger charge is 2.30. The minimum atomic E-state index is 0.0775. The molecular formula is C10H13NO2. The molecule has 0 N–H and O–H groups in total. The Balaban J connectivity index is 2.16. The van der Waals surface area contributed by atoms with E-state index in [4.69, 9.17) is 4.42 Å². The molecule has 0 saturated heterocycles. The Kier molecular flexibility index (Phi) is 1.87. The number of rotatable bonds is 2. The molecule has 0 unspecified atom stereocenters. The second-order valence-corrected chi connectivity index (χ2v) is 3.54. The highest BCUT2D eigenvalue weighted by atomic mass is 16.3. The smallest absolute Gasteiger partial charge is 0.257 e. The van der Waals surface area contributed by atoms with E-state index in [2.05, 4.69) is 0 Å². The second kappa shape index (κ2) is 2.91. The lowest BCUT2D eigenvalue weighted by molar-refractivity contribution is 0.0783. The first-order chi connectivity index (χ1) is 6.20. The molecule has 1 aliphatic carbocycles. The Morgan fingerprint density at radius 3 is 2.77 bits per heavy atom. The molecule has 1 saturated carbocycles. The van der Waals surface area contributed by atoms with Gasteiger partial charge in [-0.15, -0.1) is 0 Å². The van der Waals surface area contributed by atoms with Gasteiger partial charge in [-0.25, -0.2) is 0 Å². The van der Waals surface area contributed by atoms with E-state index in [0.29, 0.717) is 17.4 Å². The van der Waals surface area contributed by atoms with Gasteiger partial charge in [0.25, 0.3) is 5.91 Å². The molecule has 70 valence electrons. The van der Waals surface area contributed by atoms with Crippen molar-refractivity contribution < 1.29 is 9.21 Å². The fourth-order valence-corrected chi connectivity index (χ4v) is 1.42. The molecular weight excluding hydrogens is 166 g/mol. The highest BCUT2D eigenvalue weighted by Crippen LogP contribution is 2.27. The van der Waals surface area contributed by atoms with Gasteiger partial charge in [-0.05, 0) is 25.8 Å². The summed E-state index contributed by atoms with van der Waals surface area (Å²) in [4.78, 5) is 13.6. The Labute approximate surface area is 77.3 Å². The van der Waals surface area contributed by atoms with Gasteiger partial charge in [-0.2, -0.15) is 0 Å². The molecule has 0 radical (unpaired) electrons. The molecule has 1 fully saturated rings. The summed E-state index contributed by atoms with van der Waals surface area (Å²) in [5.41, 5.74) is 0.689. The summed E-state index contributed by atoms with van der Waals surface area (Å²) >= 11 is 0. The van der Waals surface area contributed by atoms with Crippen molar-refractivity contribution in [1.82, 2.24) is 4.90 Å². The number of amides is 1. The van der Waals surface area contributed by atoms with Crippen LogP contribution in [-0.4, -0.2) is 23.9 Å². The van der Waals surface area contributed by atoms with Gasteiger partial charge >= 0.3 is 0 Å². The maximum Gasteiger partial charge on any atom is 0.257 e. The van der Waals surface area contributed by atoms with Crippen molar-refractivity contribution in [2.75, 3.05) is 7.05 Å². The van der Waals surface area contributed by atoms with Crippen LogP contribution in [-0.2, 0) is 0 Å². The molecule has 0 aliphatic heterocycles. The molecule has 0 bridgehead atoms. The molecule has 0 atom stereocenters. The van der Waals surface area contributed by atoms with E-state index in [1.165, 1.54) is 0 Å². The normalized spacial score (nSPS) is 15.8. The first kappa shape index (κ1) is 8.35. The zero-order chi connectivity index (χ0) is 9.42. The summed E-state index contributed by atoms with van der Waals surface area (Å²) in [6.45, 7) is 1.81. The summed E-state index contributed by atoms with van der Waals surface area (Å²) in [5.74, 6) is 0.784. The number of hydrogen-bond donors (Lipinski definition) is 0. The van der Waals surface area contributed by atoms with E-state index in [9.17, 15) is 4.79 Å². The fourth-order valence-electron chi connectivity index (χ4n) is 1.42. The summed E-state index contributed by atoms with van der Waals surface area (Å²) in [7, 11) is 1.85. The van der Waals surface area contributed by atoms with E-state index >= 15 is 0 Å². The largest absolute Gasteiger partial charge is 0.469 e. The highest BCUT2D eigenvalue weighted by molar-refractivity contribution is 5.95. The Hall–Kier alpha value is -1.25. The van der Waals surface area contributed by atoms with Crippen LogP contribution in [0.3, 0.4) is 0 Å². The van der Waals surface area contributed by atoms with Crippen LogP contribution >= 0.6 is 0 Å². The zero-order valence-corrected chi connectivity index (χ0v) is 7.91. The molecule has 1 aliphatic rings. The summed E-state index contributed by atoms with van der Waals surface area (Å²) < 4.78 is 5.09. The van der Waals surface area contributed by atoms with Crippen LogP contribution in [0.1, 0.15) is 29.0 Å². The van der Waals surface area contributed by atoms with Crippen molar-refractivity contribution in [3.63, 3.8) is 0 Å². The minimum absolute atomic E-state index is 0.0775. The molecule has 2 rings (SSSR count). The van der Waals surface area contributed by atoms with E-state index in [-0.39, 0.29) is 5.91 Å². The van der Waals surface area contributed by atoms with Crippen LogP contribution in [0.5, 0.6) is 0 Å². The van der Waals surface area contributed by atoms with Crippen molar-refractivity contribution >= 4 is 5.91 Å². The maximum absolute atomic E-state index is 11.8. The monoisotopic (exact) mass is 179 g/mol. The van der Waals surface area contributed by atoms with Crippen LogP contribution in [0.25, 0.3) is 0 Å². The van der Waals surface area contributed by atoms with Crippen molar-refractivity contribution in [2.24, 2.45) is 0 Å². The number of nitrogens with zero attached hydrogens (tertiary/aromatic N) is 1. The fraction of sp³-hybridized carbons (Fsp3) is 0.500. The number of carbonyl (C=O) groups excluding carboxylic acids is 1. The lowest BCUT2D eigenvalue weighted by atomic mass is 10.2. The summed E-state index contributed by atoms with van der Waals surface area (Å²) in [6.07, 6.45) is 3.83. The molecule has 3 heteroatoms. The third kappa shape index (κ3) is 1.46. The van der Waals surface area contributed by atoms with E-state index in [0.717, 1.165) is 12.8 Å². The summed E-state index contributed by atoms with van der Waals surface area (Å²) in [6, 6.07) is 2.19. The predicted molar refractivity (Wildman–Crippen MR) is 48.6 cm³/mol. The molecule has 1 amide bonds. The average molecular weight is 179 g/mol. The van der Waals surface area contributed by atoms with E-state index < -0.39 is 0 Å². The molecule has 1 aromatic rings. The lowest BCUT2D eigenvalue weighted by Gasteiger charge is -2.15. The van der Waals surface area contributed by atoms with Crippen LogP contribution in [0.4, 0.5) is 0 Å². The Morgan fingerprint density at radius 1 is 1.62 bits per heavy atom. The van der Waals surface area contributed by atoms with Gasteiger partial charge in [0.05, 0.1) is 11.8 Å². The van der Waals surface area contributed by atoms with Crippen LogP contribution < -0.4 is 0 Å². The SMILES string of the molecule is Cc1occc1C(=O)N(C)C1CC1. The van der Waals surface area contributed by atoms with Crippen molar-refractivity contribution in [2.45, 2.75) is 25.8 Å². The third-order valence-electron chi connectivity index (χ3n) is 2.50. The topological polar surface area (TPSA) is 33.5 Å². The molecule has 1 heterocycles. The molecule has 0 spiro atoms. The maximum atomic E-state index is 11.8. The Morgan fingerprint density at radius 2 is 2.31 bits per heavy atom. The van der Waals surface area contributed by atoms with Crippen LogP contribution in [0, 0.1) is 6.92 Å². The van der Waals surface area contributed by atoms with Gasteiger partial charge < -0.3 is 9.32 Å². The van der Waals surface area contributed by atoms with Gasteiger partial charge in [-0.1, -0.05) is 0 Å². The average Bonchev–Trinajstić information content (AvgIpc) is 2.87. The van der Waals surface area contributed by atoms with Crippen molar-refractivity contribution in [1.29, 1.82) is 0 Å². The van der Waals surface area contributed by atoms with Crippen molar-refractivity contribution in [3.05, 3.63) is 23.7 Å². The Bertz CT molecular complexity index is 325. The number of aryl methyl sites for hydroxylation is 1. The van der Waals surface area contributed by atoms with E-state index in [1.807, 2.05) is 14.0 Å². The van der Waals surface area contributed by atoms with E-state index in [1.54, 1.807) is 17.2 Å². The molecule has 3 nitrogen and oxygen atoms in total. The van der Waals surface area contributed by atoms with Gasteiger partial charge in [0.2, 0.25) is 0 Å². The minimum Gasteiger partial charge on any atom is -0.469 e. The first-order valence-electron chi connectivity index (χ1n) is 4.51. The van der Waals surface area contributed by atoms with Crippen LogP contribution in [0.2, 0.25) is 0 Å². The number of hydrogen-bond acceptors (Lipinski definition) is 2. The second-order valence-electron chi connectivity index (χ2n) is 3.54. The number of carbonyl (C=O) groups is 1.